The topological polar surface area (TPSA) is 29.5 Å². The predicted octanol–water partition coefficient (Wildman–Crippen LogP) is 4.39. The molecule has 0 aliphatic heterocycles. The van der Waals surface area contributed by atoms with Crippen molar-refractivity contribution in [2.24, 2.45) is 0 Å². The second-order valence-corrected chi connectivity index (χ2v) is 4.31. The highest BCUT2D eigenvalue weighted by Crippen LogP contribution is 2.25. The third-order valence-corrected chi connectivity index (χ3v) is 2.78. The van der Waals surface area contributed by atoms with Crippen LogP contribution in [-0.2, 0) is 6.61 Å². The second kappa shape index (κ2) is 6.64. The minimum atomic E-state index is 0.246. The van der Waals surface area contributed by atoms with Gasteiger partial charge in [-0.25, -0.2) is 0 Å². The molecular formula is C17H18O2. The van der Waals surface area contributed by atoms with Crippen molar-refractivity contribution in [2.75, 3.05) is 0 Å². The molecule has 0 fully saturated rings. The lowest BCUT2D eigenvalue weighted by Crippen LogP contribution is -1.94. The minimum absolute atomic E-state index is 0.246. The lowest BCUT2D eigenvalue weighted by molar-refractivity contribution is 0.304. The molecule has 0 aliphatic rings. The largest absolute Gasteiger partial charge is 0.507 e. The van der Waals surface area contributed by atoms with Crippen molar-refractivity contribution in [3.63, 3.8) is 0 Å². The molecule has 0 atom stereocenters. The molecule has 2 aromatic rings. The van der Waals surface area contributed by atoms with Gasteiger partial charge in [0.25, 0.3) is 0 Å². The zero-order valence-electron chi connectivity index (χ0n) is 11.0. The van der Waals surface area contributed by atoms with E-state index >= 15 is 0 Å². The van der Waals surface area contributed by atoms with E-state index < -0.39 is 0 Å². The van der Waals surface area contributed by atoms with Crippen LogP contribution in [0.15, 0.2) is 54.6 Å². The van der Waals surface area contributed by atoms with Gasteiger partial charge in [-0.05, 0) is 24.1 Å². The van der Waals surface area contributed by atoms with Gasteiger partial charge in [0.2, 0.25) is 0 Å². The van der Waals surface area contributed by atoms with Gasteiger partial charge in [0.15, 0.2) is 0 Å². The average Bonchev–Trinajstić information content (AvgIpc) is 2.45. The van der Waals surface area contributed by atoms with Gasteiger partial charge < -0.3 is 9.84 Å². The molecule has 2 rings (SSSR count). The van der Waals surface area contributed by atoms with Crippen molar-refractivity contribution >= 4 is 6.08 Å². The maximum Gasteiger partial charge on any atom is 0.126 e. The fourth-order valence-corrected chi connectivity index (χ4v) is 1.74. The number of aromatic hydroxyl groups is 1. The summed E-state index contributed by atoms with van der Waals surface area (Å²) >= 11 is 0. The Morgan fingerprint density at radius 3 is 2.58 bits per heavy atom. The fraction of sp³-hybridized carbons (Fsp3) is 0.176. The first-order chi connectivity index (χ1) is 9.29. The fourth-order valence-electron chi connectivity index (χ4n) is 1.74. The van der Waals surface area contributed by atoms with E-state index in [1.165, 1.54) is 0 Å². The van der Waals surface area contributed by atoms with E-state index in [1.54, 1.807) is 6.07 Å². The van der Waals surface area contributed by atoms with E-state index in [0.29, 0.717) is 12.4 Å². The molecule has 0 amide bonds. The van der Waals surface area contributed by atoms with Crippen LogP contribution in [0.25, 0.3) is 6.08 Å². The third kappa shape index (κ3) is 3.88. The van der Waals surface area contributed by atoms with Crippen LogP contribution in [0.4, 0.5) is 0 Å². The van der Waals surface area contributed by atoms with E-state index in [2.05, 4.69) is 6.92 Å². The molecule has 2 aromatic carbocycles. The van der Waals surface area contributed by atoms with Gasteiger partial charge in [-0.2, -0.15) is 0 Å². The van der Waals surface area contributed by atoms with Gasteiger partial charge in [0.05, 0.1) is 0 Å². The van der Waals surface area contributed by atoms with Crippen molar-refractivity contribution < 1.29 is 9.84 Å². The van der Waals surface area contributed by atoms with Crippen LogP contribution in [0, 0.1) is 0 Å². The highest BCUT2D eigenvalue weighted by molar-refractivity contribution is 5.58. The molecule has 0 spiro atoms. The number of phenolic OH excluding ortho intramolecular Hbond substituents is 1. The number of hydrogen-bond acceptors (Lipinski definition) is 2. The number of ether oxygens (including phenoxy) is 1. The van der Waals surface area contributed by atoms with E-state index in [0.717, 1.165) is 17.5 Å². The lowest BCUT2D eigenvalue weighted by atomic mass is 10.1. The van der Waals surface area contributed by atoms with Gasteiger partial charge >= 0.3 is 0 Å². The summed E-state index contributed by atoms with van der Waals surface area (Å²) in [6.45, 7) is 2.56. The Kier molecular flexibility index (Phi) is 4.62. The molecular weight excluding hydrogens is 236 g/mol. The minimum Gasteiger partial charge on any atom is -0.507 e. The van der Waals surface area contributed by atoms with Crippen LogP contribution in [0.2, 0.25) is 0 Å². The molecule has 0 unspecified atom stereocenters. The molecule has 0 saturated carbocycles. The van der Waals surface area contributed by atoms with Gasteiger partial charge in [-0.15, -0.1) is 0 Å². The van der Waals surface area contributed by atoms with Crippen LogP contribution in [0.3, 0.4) is 0 Å². The number of hydrogen-bond donors (Lipinski definition) is 1. The molecule has 0 bridgehead atoms. The summed E-state index contributed by atoms with van der Waals surface area (Å²) < 4.78 is 5.65. The van der Waals surface area contributed by atoms with E-state index in [4.69, 9.17) is 4.74 Å². The van der Waals surface area contributed by atoms with E-state index in [-0.39, 0.29) is 5.75 Å². The van der Waals surface area contributed by atoms with Crippen LogP contribution < -0.4 is 4.74 Å². The Morgan fingerprint density at radius 2 is 1.89 bits per heavy atom. The van der Waals surface area contributed by atoms with E-state index in [9.17, 15) is 5.11 Å². The Morgan fingerprint density at radius 1 is 1.11 bits per heavy atom. The number of rotatable bonds is 5. The smallest absolute Gasteiger partial charge is 0.126 e. The van der Waals surface area contributed by atoms with Crippen LogP contribution in [0.5, 0.6) is 11.5 Å². The monoisotopic (exact) mass is 254 g/mol. The Labute approximate surface area is 114 Å². The zero-order valence-corrected chi connectivity index (χ0v) is 11.0. The summed E-state index contributed by atoms with van der Waals surface area (Å²) in [6, 6.07) is 15.3. The molecule has 0 heterocycles. The zero-order chi connectivity index (χ0) is 13.5. The molecule has 0 aliphatic carbocycles. The molecule has 19 heavy (non-hydrogen) atoms. The molecule has 1 N–H and O–H groups in total. The Balaban J connectivity index is 2.02. The summed E-state index contributed by atoms with van der Waals surface area (Å²) in [5.41, 5.74) is 1.92. The van der Waals surface area contributed by atoms with Crippen molar-refractivity contribution in [3.8, 4) is 11.5 Å². The van der Waals surface area contributed by atoms with Crippen LogP contribution in [0.1, 0.15) is 24.5 Å². The molecule has 2 nitrogen and oxygen atoms in total. The number of allylic oxidation sites excluding steroid dienone is 1. The lowest BCUT2D eigenvalue weighted by Gasteiger charge is -2.08. The van der Waals surface area contributed by atoms with Crippen LogP contribution >= 0.6 is 0 Å². The highest BCUT2D eigenvalue weighted by atomic mass is 16.5. The molecule has 2 heteroatoms. The molecule has 0 aromatic heterocycles. The Bertz CT molecular complexity index is 544. The normalized spacial score (nSPS) is 10.8. The molecule has 0 radical (unpaired) electrons. The van der Waals surface area contributed by atoms with Crippen molar-refractivity contribution in [3.05, 3.63) is 65.7 Å². The van der Waals surface area contributed by atoms with Gasteiger partial charge in [0, 0.05) is 11.6 Å². The van der Waals surface area contributed by atoms with Crippen molar-refractivity contribution in [1.82, 2.24) is 0 Å². The standard InChI is InChI=1S/C17H18O2/c1-2-3-9-15-10-11-16(12-17(15)18)19-13-14-7-5-4-6-8-14/h3-12,18H,2,13H2,1H3/b9-3+. The number of phenols is 1. The maximum atomic E-state index is 9.88. The summed E-state index contributed by atoms with van der Waals surface area (Å²) in [5, 5.41) is 9.88. The van der Waals surface area contributed by atoms with Gasteiger partial charge in [-0.3, -0.25) is 0 Å². The summed E-state index contributed by atoms with van der Waals surface area (Å²) in [7, 11) is 0. The maximum absolute atomic E-state index is 9.88. The first-order valence-electron chi connectivity index (χ1n) is 6.46. The van der Waals surface area contributed by atoms with Crippen molar-refractivity contribution in [1.29, 1.82) is 0 Å². The van der Waals surface area contributed by atoms with Gasteiger partial charge in [0.1, 0.15) is 18.1 Å². The molecule has 0 saturated heterocycles. The first-order valence-corrected chi connectivity index (χ1v) is 6.46. The van der Waals surface area contributed by atoms with Gasteiger partial charge in [-0.1, -0.05) is 49.4 Å². The quantitative estimate of drug-likeness (QED) is 0.857. The summed E-state index contributed by atoms with van der Waals surface area (Å²) in [4.78, 5) is 0. The Hall–Kier alpha value is -2.22. The van der Waals surface area contributed by atoms with E-state index in [1.807, 2.05) is 54.6 Å². The third-order valence-electron chi connectivity index (χ3n) is 2.78. The first kappa shape index (κ1) is 13.2. The van der Waals surface area contributed by atoms with Crippen LogP contribution in [-0.4, -0.2) is 5.11 Å². The van der Waals surface area contributed by atoms with Crippen molar-refractivity contribution in [2.45, 2.75) is 20.0 Å². The summed E-state index contributed by atoms with van der Waals surface area (Å²) in [5.74, 6) is 0.922. The predicted molar refractivity (Wildman–Crippen MR) is 78.2 cm³/mol. The SMILES string of the molecule is CC/C=C/c1ccc(OCc2ccccc2)cc1O. The second-order valence-electron chi connectivity index (χ2n) is 4.31. The average molecular weight is 254 g/mol. The number of benzene rings is 2. The molecule has 98 valence electrons. The highest BCUT2D eigenvalue weighted by Gasteiger charge is 2.01. The summed E-state index contributed by atoms with van der Waals surface area (Å²) in [6.07, 6.45) is 4.88.